The normalized spacial score (nSPS) is 10.0. The summed E-state index contributed by atoms with van der Waals surface area (Å²) in [5, 5.41) is 3.11. The van der Waals surface area contributed by atoms with Gasteiger partial charge in [-0.3, -0.25) is 4.79 Å². The third kappa shape index (κ3) is 2.22. The number of nitrogens with one attached hydrogen (secondary N) is 1. The lowest BCUT2D eigenvalue weighted by molar-refractivity contribution is -0.114. The molecule has 1 N–H and O–H groups in total. The highest BCUT2D eigenvalue weighted by molar-refractivity contribution is 7.23. The molecule has 2 rings (SSSR count). The Morgan fingerprint density at radius 1 is 1.53 bits per heavy atom. The molecule has 0 saturated heterocycles. The van der Waals surface area contributed by atoms with Crippen LogP contribution in [0.1, 0.15) is 12.5 Å². The SMILES string of the molecule is CC(=O)Nc1nc2ccc(C)c(N=C=O)c2s1. The summed E-state index contributed by atoms with van der Waals surface area (Å²) in [6, 6.07) is 3.66. The molecular weight excluding hydrogens is 238 g/mol. The number of aryl methyl sites for hydroxylation is 1. The summed E-state index contributed by atoms with van der Waals surface area (Å²) in [5.74, 6) is -0.179. The van der Waals surface area contributed by atoms with Crippen molar-refractivity contribution in [2.24, 2.45) is 4.99 Å². The number of isocyanates is 1. The molecule has 0 spiro atoms. The van der Waals surface area contributed by atoms with Gasteiger partial charge in [0.2, 0.25) is 12.0 Å². The minimum atomic E-state index is -0.179. The van der Waals surface area contributed by atoms with Gasteiger partial charge in [-0.05, 0) is 18.6 Å². The maximum Gasteiger partial charge on any atom is 0.240 e. The number of amides is 1. The fourth-order valence-electron chi connectivity index (χ4n) is 1.47. The average molecular weight is 247 g/mol. The van der Waals surface area contributed by atoms with E-state index in [1.807, 2.05) is 19.1 Å². The number of anilines is 1. The Labute approximate surface area is 101 Å². The van der Waals surface area contributed by atoms with Crippen LogP contribution in [0.2, 0.25) is 0 Å². The van der Waals surface area contributed by atoms with Crippen molar-refractivity contribution in [3.05, 3.63) is 17.7 Å². The molecule has 0 aliphatic heterocycles. The molecule has 1 aromatic carbocycles. The zero-order valence-electron chi connectivity index (χ0n) is 9.27. The molecule has 0 aliphatic rings. The van der Waals surface area contributed by atoms with Gasteiger partial charge in [0.15, 0.2) is 5.13 Å². The molecule has 0 aliphatic carbocycles. The standard InChI is InChI=1S/C11H9N3O2S/c1-6-3-4-8-10(9(6)12-5-15)17-11(14-8)13-7(2)16/h3-4H,1-2H3,(H,13,14,16). The number of rotatable bonds is 2. The number of carbonyl (C=O) groups is 1. The largest absolute Gasteiger partial charge is 0.302 e. The van der Waals surface area contributed by atoms with E-state index in [2.05, 4.69) is 15.3 Å². The van der Waals surface area contributed by atoms with Gasteiger partial charge in [0.05, 0.1) is 15.9 Å². The van der Waals surface area contributed by atoms with Crippen LogP contribution in [0.15, 0.2) is 17.1 Å². The number of thiazole rings is 1. The maximum absolute atomic E-state index is 10.9. The van der Waals surface area contributed by atoms with Gasteiger partial charge < -0.3 is 5.32 Å². The molecule has 0 atom stereocenters. The van der Waals surface area contributed by atoms with Crippen molar-refractivity contribution in [2.45, 2.75) is 13.8 Å². The first kappa shape index (κ1) is 11.4. The topological polar surface area (TPSA) is 71.4 Å². The highest BCUT2D eigenvalue weighted by atomic mass is 32.1. The minimum absolute atomic E-state index is 0.179. The van der Waals surface area contributed by atoms with Gasteiger partial charge in [0, 0.05) is 6.92 Å². The van der Waals surface area contributed by atoms with Crippen LogP contribution >= 0.6 is 11.3 Å². The molecule has 0 unspecified atom stereocenters. The summed E-state index contributed by atoms with van der Waals surface area (Å²) < 4.78 is 0.775. The van der Waals surface area contributed by atoms with Crippen LogP contribution in [-0.4, -0.2) is 17.0 Å². The van der Waals surface area contributed by atoms with Gasteiger partial charge in [-0.25, -0.2) is 9.78 Å². The van der Waals surface area contributed by atoms with Gasteiger partial charge in [-0.15, -0.1) is 0 Å². The van der Waals surface area contributed by atoms with E-state index in [9.17, 15) is 9.59 Å². The molecular formula is C11H9N3O2S. The van der Waals surface area contributed by atoms with E-state index in [0.29, 0.717) is 16.3 Å². The molecule has 0 bridgehead atoms. The lowest BCUT2D eigenvalue weighted by Crippen LogP contribution is -2.04. The first-order valence-electron chi connectivity index (χ1n) is 4.87. The van der Waals surface area contributed by atoms with Crippen LogP contribution in [0.5, 0.6) is 0 Å². The van der Waals surface area contributed by atoms with E-state index < -0.39 is 0 Å². The Hall–Kier alpha value is -2.04. The van der Waals surface area contributed by atoms with E-state index in [0.717, 1.165) is 10.3 Å². The molecule has 1 heterocycles. The highest BCUT2D eigenvalue weighted by Gasteiger charge is 2.10. The molecule has 1 amide bonds. The molecule has 6 heteroatoms. The number of hydrogen-bond donors (Lipinski definition) is 1. The number of benzene rings is 1. The van der Waals surface area contributed by atoms with Crippen LogP contribution in [0.25, 0.3) is 10.2 Å². The average Bonchev–Trinajstić information content (AvgIpc) is 2.64. The Morgan fingerprint density at radius 3 is 2.94 bits per heavy atom. The molecule has 86 valence electrons. The Balaban J connectivity index is 2.63. The quantitative estimate of drug-likeness (QED) is 0.654. The van der Waals surface area contributed by atoms with Crippen LogP contribution < -0.4 is 5.32 Å². The van der Waals surface area contributed by atoms with E-state index in [4.69, 9.17) is 0 Å². The summed E-state index contributed by atoms with van der Waals surface area (Å²) in [6.45, 7) is 3.27. The van der Waals surface area contributed by atoms with E-state index in [-0.39, 0.29) is 5.91 Å². The van der Waals surface area contributed by atoms with Crippen molar-refractivity contribution >= 4 is 44.4 Å². The number of carbonyl (C=O) groups excluding carboxylic acids is 2. The molecule has 0 radical (unpaired) electrons. The predicted octanol–water partition coefficient (Wildman–Crippen LogP) is 2.53. The zero-order valence-corrected chi connectivity index (χ0v) is 10.1. The fourth-order valence-corrected chi connectivity index (χ4v) is 2.52. The Morgan fingerprint density at radius 2 is 2.29 bits per heavy atom. The molecule has 0 fully saturated rings. The van der Waals surface area contributed by atoms with Gasteiger partial charge in [-0.1, -0.05) is 17.4 Å². The maximum atomic E-state index is 10.9. The summed E-state index contributed by atoms with van der Waals surface area (Å²) in [7, 11) is 0. The number of nitrogens with zero attached hydrogens (tertiary/aromatic N) is 2. The Kier molecular flexibility index (Phi) is 2.99. The summed E-state index contributed by atoms with van der Waals surface area (Å²) >= 11 is 1.29. The first-order valence-corrected chi connectivity index (χ1v) is 5.69. The summed E-state index contributed by atoms with van der Waals surface area (Å²) in [6.07, 6.45) is 1.53. The molecule has 5 nitrogen and oxygen atoms in total. The molecule has 17 heavy (non-hydrogen) atoms. The molecule has 2 aromatic rings. The Bertz CT molecular complexity index is 641. The third-order valence-corrected chi connectivity index (χ3v) is 3.17. The van der Waals surface area contributed by atoms with Crippen molar-refractivity contribution in [1.82, 2.24) is 4.98 Å². The van der Waals surface area contributed by atoms with Crippen molar-refractivity contribution < 1.29 is 9.59 Å². The van der Waals surface area contributed by atoms with Gasteiger partial charge >= 0.3 is 0 Å². The van der Waals surface area contributed by atoms with Crippen LogP contribution in [-0.2, 0) is 9.59 Å². The van der Waals surface area contributed by atoms with Gasteiger partial charge in [-0.2, -0.15) is 4.99 Å². The zero-order chi connectivity index (χ0) is 12.4. The summed E-state index contributed by atoms with van der Waals surface area (Å²) in [5.41, 5.74) is 2.14. The summed E-state index contributed by atoms with van der Waals surface area (Å²) in [4.78, 5) is 29.2. The van der Waals surface area contributed by atoms with Crippen molar-refractivity contribution in [3.8, 4) is 0 Å². The lowest BCUT2D eigenvalue weighted by atomic mass is 10.2. The minimum Gasteiger partial charge on any atom is -0.302 e. The first-order chi connectivity index (χ1) is 8.11. The lowest BCUT2D eigenvalue weighted by Gasteiger charge is -1.97. The second-order valence-electron chi connectivity index (χ2n) is 3.48. The van der Waals surface area contributed by atoms with E-state index in [1.165, 1.54) is 24.3 Å². The number of hydrogen-bond acceptors (Lipinski definition) is 5. The monoisotopic (exact) mass is 247 g/mol. The molecule has 1 aromatic heterocycles. The second kappa shape index (κ2) is 4.45. The van der Waals surface area contributed by atoms with Crippen LogP contribution in [0, 0.1) is 6.92 Å². The van der Waals surface area contributed by atoms with Crippen LogP contribution in [0.4, 0.5) is 10.8 Å². The second-order valence-corrected chi connectivity index (χ2v) is 4.48. The fraction of sp³-hybridized carbons (Fsp3) is 0.182. The number of fused-ring (bicyclic) bond motifs is 1. The van der Waals surface area contributed by atoms with E-state index >= 15 is 0 Å². The highest BCUT2D eigenvalue weighted by Crippen LogP contribution is 2.35. The number of aliphatic imine (C=N–C) groups is 1. The van der Waals surface area contributed by atoms with Crippen molar-refractivity contribution in [2.75, 3.05) is 5.32 Å². The van der Waals surface area contributed by atoms with Crippen LogP contribution in [0.3, 0.4) is 0 Å². The van der Waals surface area contributed by atoms with E-state index in [1.54, 1.807) is 0 Å². The smallest absolute Gasteiger partial charge is 0.240 e. The van der Waals surface area contributed by atoms with Crippen molar-refractivity contribution in [3.63, 3.8) is 0 Å². The third-order valence-electron chi connectivity index (χ3n) is 2.17. The predicted molar refractivity (Wildman–Crippen MR) is 66.4 cm³/mol. The number of aromatic nitrogens is 1. The van der Waals surface area contributed by atoms with Crippen molar-refractivity contribution in [1.29, 1.82) is 0 Å². The molecule has 0 saturated carbocycles. The van der Waals surface area contributed by atoms with Gasteiger partial charge in [0.25, 0.3) is 0 Å². The van der Waals surface area contributed by atoms with Gasteiger partial charge in [0.1, 0.15) is 0 Å².